The van der Waals surface area contributed by atoms with Crippen LogP contribution in [0.1, 0.15) is 53.4 Å². The maximum absolute atomic E-state index is 12.8. The molecule has 0 bridgehead atoms. The minimum absolute atomic E-state index is 0. The predicted molar refractivity (Wildman–Crippen MR) is 89.9 cm³/mol. The average molecular weight is 331 g/mol. The predicted octanol–water partition coefficient (Wildman–Crippen LogP) is 2.49. The van der Waals surface area contributed by atoms with E-state index in [0.717, 1.165) is 26.0 Å². The van der Waals surface area contributed by atoms with Gasteiger partial charge in [0.25, 0.3) is 0 Å². The number of nitrogens with two attached hydrogens (primary N) is 1. The topological polar surface area (TPSA) is 64.4 Å². The van der Waals surface area contributed by atoms with Crippen molar-refractivity contribution in [3.05, 3.63) is 0 Å². The Kier molecular flexibility index (Phi) is 4.62. The van der Waals surface area contributed by atoms with E-state index in [-0.39, 0.29) is 35.8 Å². The van der Waals surface area contributed by atoms with E-state index in [4.69, 9.17) is 10.5 Å². The van der Waals surface area contributed by atoms with Crippen LogP contribution in [0.3, 0.4) is 0 Å². The Hall–Kier alpha value is -0.320. The van der Waals surface area contributed by atoms with Crippen LogP contribution in [0.2, 0.25) is 0 Å². The molecule has 3 N–H and O–H groups in total. The molecule has 4 nitrogen and oxygen atoms in total. The zero-order chi connectivity index (χ0) is 15.5. The van der Waals surface area contributed by atoms with Gasteiger partial charge in [-0.3, -0.25) is 4.79 Å². The summed E-state index contributed by atoms with van der Waals surface area (Å²) >= 11 is 0. The molecule has 1 saturated heterocycles. The van der Waals surface area contributed by atoms with E-state index in [9.17, 15) is 4.79 Å². The van der Waals surface area contributed by atoms with Gasteiger partial charge in [0.15, 0.2) is 0 Å². The van der Waals surface area contributed by atoms with E-state index in [1.807, 2.05) is 0 Å². The van der Waals surface area contributed by atoms with Gasteiger partial charge in [0.1, 0.15) is 5.54 Å². The second-order valence-corrected chi connectivity index (χ2v) is 8.33. The molecule has 0 spiro atoms. The van der Waals surface area contributed by atoms with E-state index in [1.54, 1.807) is 0 Å². The van der Waals surface area contributed by atoms with Crippen molar-refractivity contribution in [2.75, 3.05) is 13.2 Å². The van der Waals surface area contributed by atoms with Gasteiger partial charge >= 0.3 is 0 Å². The standard InChI is InChI=1S/C17H30N2O2.ClH/c1-11(2)16(7-8-16)10-19-14(20)17(18)12-6-5-9-21-13(12)15(17,3)4;/h11-13H,5-10,18H2,1-4H3,(H,19,20);1H. The summed E-state index contributed by atoms with van der Waals surface area (Å²) in [6, 6.07) is 0. The molecule has 0 aromatic carbocycles. The molecule has 3 rings (SSSR count). The fourth-order valence-corrected chi connectivity index (χ4v) is 4.56. The second-order valence-electron chi connectivity index (χ2n) is 8.33. The number of nitrogens with one attached hydrogen (secondary N) is 1. The molecule has 1 aliphatic heterocycles. The zero-order valence-corrected chi connectivity index (χ0v) is 15.1. The maximum atomic E-state index is 12.8. The van der Waals surface area contributed by atoms with Crippen LogP contribution in [0.25, 0.3) is 0 Å². The molecule has 3 atom stereocenters. The van der Waals surface area contributed by atoms with Gasteiger partial charge in [-0.15, -0.1) is 12.4 Å². The Morgan fingerprint density at radius 1 is 1.36 bits per heavy atom. The van der Waals surface area contributed by atoms with Gasteiger partial charge in [0, 0.05) is 24.5 Å². The first-order valence-corrected chi connectivity index (χ1v) is 8.44. The highest BCUT2D eigenvalue weighted by molar-refractivity contribution is 5.89. The minimum Gasteiger partial charge on any atom is -0.377 e. The summed E-state index contributed by atoms with van der Waals surface area (Å²) < 4.78 is 5.87. The Morgan fingerprint density at radius 3 is 2.55 bits per heavy atom. The van der Waals surface area contributed by atoms with Crippen LogP contribution < -0.4 is 11.1 Å². The number of rotatable bonds is 4. The molecule has 3 fully saturated rings. The summed E-state index contributed by atoms with van der Waals surface area (Å²) in [7, 11) is 0. The Morgan fingerprint density at radius 2 is 2.00 bits per heavy atom. The van der Waals surface area contributed by atoms with Crippen LogP contribution in [-0.4, -0.2) is 30.7 Å². The summed E-state index contributed by atoms with van der Waals surface area (Å²) in [5, 5.41) is 3.18. The van der Waals surface area contributed by atoms with Crippen LogP contribution in [0.15, 0.2) is 0 Å². The van der Waals surface area contributed by atoms with Crippen LogP contribution in [0.5, 0.6) is 0 Å². The van der Waals surface area contributed by atoms with Gasteiger partial charge in [-0.25, -0.2) is 0 Å². The zero-order valence-electron chi connectivity index (χ0n) is 14.3. The molecular formula is C17H31ClN2O2. The van der Waals surface area contributed by atoms with Gasteiger partial charge in [0.2, 0.25) is 5.91 Å². The van der Waals surface area contributed by atoms with Crippen molar-refractivity contribution in [3.8, 4) is 0 Å². The van der Waals surface area contributed by atoms with Crippen LogP contribution >= 0.6 is 12.4 Å². The number of amides is 1. The molecule has 1 amide bonds. The van der Waals surface area contributed by atoms with Gasteiger partial charge < -0.3 is 15.8 Å². The molecule has 0 aromatic rings. The summed E-state index contributed by atoms with van der Waals surface area (Å²) in [5.41, 5.74) is 5.88. The fourth-order valence-electron chi connectivity index (χ4n) is 4.56. The number of halogens is 1. The van der Waals surface area contributed by atoms with Crippen molar-refractivity contribution in [2.24, 2.45) is 28.4 Å². The first kappa shape index (κ1) is 18.0. The van der Waals surface area contributed by atoms with Crippen LogP contribution in [-0.2, 0) is 9.53 Å². The van der Waals surface area contributed by atoms with E-state index >= 15 is 0 Å². The molecule has 3 aliphatic rings. The molecule has 0 aromatic heterocycles. The summed E-state index contributed by atoms with van der Waals surface area (Å²) in [5.74, 6) is 0.827. The quantitative estimate of drug-likeness (QED) is 0.832. The molecule has 128 valence electrons. The molecule has 22 heavy (non-hydrogen) atoms. The lowest BCUT2D eigenvalue weighted by Crippen LogP contribution is -2.82. The number of hydrogen-bond donors (Lipinski definition) is 2. The first-order valence-electron chi connectivity index (χ1n) is 8.44. The molecule has 5 heteroatoms. The lowest BCUT2D eigenvalue weighted by atomic mass is 9.46. The fraction of sp³-hybridized carbons (Fsp3) is 0.941. The molecule has 3 unspecified atom stereocenters. The number of carbonyl (C=O) groups excluding carboxylic acids is 1. The Labute approximate surface area is 140 Å². The second kappa shape index (κ2) is 5.64. The van der Waals surface area contributed by atoms with Crippen molar-refractivity contribution in [2.45, 2.75) is 65.0 Å². The van der Waals surface area contributed by atoms with Gasteiger partial charge in [-0.1, -0.05) is 27.7 Å². The number of carbonyl (C=O) groups is 1. The summed E-state index contributed by atoms with van der Waals surface area (Å²) in [6.07, 6.45) is 4.61. The lowest BCUT2D eigenvalue weighted by Gasteiger charge is -2.65. The highest BCUT2D eigenvalue weighted by atomic mass is 35.5. The Bertz CT molecular complexity index is 448. The number of fused-ring (bicyclic) bond motifs is 1. The summed E-state index contributed by atoms with van der Waals surface area (Å²) in [6.45, 7) is 10.2. The van der Waals surface area contributed by atoms with Gasteiger partial charge in [-0.2, -0.15) is 0 Å². The van der Waals surface area contributed by atoms with Gasteiger partial charge in [-0.05, 0) is 37.0 Å². The first-order chi connectivity index (χ1) is 9.76. The third-order valence-electron chi connectivity index (χ3n) is 6.78. The SMILES string of the molecule is CC(C)C1(CNC(=O)C2(N)C3CCCOC3C2(C)C)CC1.Cl. The maximum Gasteiger partial charge on any atom is 0.241 e. The monoisotopic (exact) mass is 330 g/mol. The van der Waals surface area contributed by atoms with Crippen molar-refractivity contribution in [3.63, 3.8) is 0 Å². The third-order valence-corrected chi connectivity index (χ3v) is 6.78. The van der Waals surface area contributed by atoms with Crippen LogP contribution in [0.4, 0.5) is 0 Å². The highest BCUT2D eigenvalue weighted by Gasteiger charge is 2.70. The minimum atomic E-state index is -0.773. The molecule has 2 saturated carbocycles. The molecule has 2 aliphatic carbocycles. The molecule has 1 heterocycles. The summed E-state index contributed by atoms with van der Waals surface area (Å²) in [4.78, 5) is 12.8. The van der Waals surface area contributed by atoms with Crippen molar-refractivity contribution in [1.82, 2.24) is 5.32 Å². The van der Waals surface area contributed by atoms with E-state index < -0.39 is 5.54 Å². The third kappa shape index (κ3) is 2.30. The van der Waals surface area contributed by atoms with E-state index in [2.05, 4.69) is 33.0 Å². The van der Waals surface area contributed by atoms with Crippen LogP contribution in [0, 0.1) is 22.7 Å². The average Bonchev–Trinajstić information content (AvgIpc) is 3.25. The van der Waals surface area contributed by atoms with Crippen molar-refractivity contribution < 1.29 is 9.53 Å². The van der Waals surface area contributed by atoms with Crippen molar-refractivity contribution in [1.29, 1.82) is 0 Å². The lowest BCUT2D eigenvalue weighted by molar-refractivity contribution is -0.225. The normalized spacial score (nSPS) is 37.5. The van der Waals surface area contributed by atoms with Crippen molar-refractivity contribution >= 4 is 18.3 Å². The number of hydrogen-bond acceptors (Lipinski definition) is 3. The van der Waals surface area contributed by atoms with E-state index in [0.29, 0.717) is 11.3 Å². The molecular weight excluding hydrogens is 300 g/mol. The molecule has 0 radical (unpaired) electrons. The highest BCUT2D eigenvalue weighted by Crippen LogP contribution is 2.57. The largest absolute Gasteiger partial charge is 0.377 e. The smallest absolute Gasteiger partial charge is 0.241 e. The Balaban J connectivity index is 0.00000176. The number of ether oxygens (including phenoxy) is 1. The van der Waals surface area contributed by atoms with E-state index in [1.165, 1.54) is 12.8 Å². The van der Waals surface area contributed by atoms with Gasteiger partial charge in [0.05, 0.1) is 6.10 Å².